The first-order valence-corrected chi connectivity index (χ1v) is 6.27. The van der Waals surface area contributed by atoms with Crippen molar-refractivity contribution in [2.75, 3.05) is 0 Å². The minimum absolute atomic E-state index is 0.292. The third-order valence-corrected chi connectivity index (χ3v) is 3.20. The largest absolute Gasteiger partial charge is 0.324 e. The molecule has 0 spiro atoms. The number of hydrogen-bond donors (Lipinski definition) is 1. The maximum atomic E-state index is 13.6. The van der Waals surface area contributed by atoms with Crippen LogP contribution in [0.4, 0.5) is 4.39 Å². The smallest absolute Gasteiger partial charge is 0.127 e. The molecule has 18 heavy (non-hydrogen) atoms. The Bertz CT molecular complexity index is 557. The van der Waals surface area contributed by atoms with Crippen molar-refractivity contribution in [2.24, 2.45) is 5.73 Å². The highest BCUT2D eigenvalue weighted by molar-refractivity contribution is 6.30. The number of nitrogens with two attached hydrogens (primary N) is 1. The van der Waals surface area contributed by atoms with Gasteiger partial charge in [0.2, 0.25) is 0 Å². The Hall–Kier alpha value is -1.09. The maximum Gasteiger partial charge on any atom is 0.127 e. The summed E-state index contributed by atoms with van der Waals surface area (Å²) < 4.78 is 13.6. The van der Waals surface area contributed by atoms with Crippen LogP contribution in [0.25, 0.3) is 0 Å². The van der Waals surface area contributed by atoms with Crippen molar-refractivity contribution >= 4 is 23.2 Å². The van der Waals surface area contributed by atoms with E-state index in [1.807, 2.05) is 12.1 Å². The first-order valence-electron chi connectivity index (χ1n) is 5.51. The highest BCUT2D eigenvalue weighted by atomic mass is 35.5. The summed E-state index contributed by atoms with van der Waals surface area (Å²) in [5, 5.41) is 1.01. The lowest BCUT2D eigenvalue weighted by Gasteiger charge is -2.13. The van der Waals surface area contributed by atoms with Gasteiger partial charge in [0.1, 0.15) is 5.82 Å². The Kier molecular flexibility index (Phi) is 4.23. The zero-order valence-electron chi connectivity index (χ0n) is 9.54. The lowest BCUT2D eigenvalue weighted by atomic mass is 9.99. The van der Waals surface area contributed by atoms with Crippen LogP contribution < -0.4 is 5.73 Å². The summed E-state index contributed by atoms with van der Waals surface area (Å²) in [5.41, 5.74) is 7.48. The molecule has 1 atom stereocenters. The van der Waals surface area contributed by atoms with Crippen molar-refractivity contribution in [1.29, 1.82) is 0 Å². The second-order valence-electron chi connectivity index (χ2n) is 4.10. The van der Waals surface area contributed by atoms with Crippen molar-refractivity contribution in [1.82, 2.24) is 0 Å². The summed E-state index contributed by atoms with van der Waals surface area (Å²) in [7, 11) is 0. The average Bonchev–Trinajstić information content (AvgIpc) is 2.32. The van der Waals surface area contributed by atoms with E-state index >= 15 is 0 Å². The lowest BCUT2D eigenvalue weighted by Crippen LogP contribution is -2.14. The van der Waals surface area contributed by atoms with E-state index < -0.39 is 0 Å². The average molecular weight is 284 g/mol. The van der Waals surface area contributed by atoms with Crippen molar-refractivity contribution < 1.29 is 4.39 Å². The third-order valence-electron chi connectivity index (χ3n) is 2.73. The highest BCUT2D eigenvalue weighted by Gasteiger charge is 2.11. The molecule has 0 saturated carbocycles. The van der Waals surface area contributed by atoms with Crippen LogP contribution in [0.5, 0.6) is 0 Å². The van der Waals surface area contributed by atoms with E-state index in [9.17, 15) is 4.39 Å². The second kappa shape index (κ2) is 5.70. The third kappa shape index (κ3) is 3.22. The molecule has 0 aliphatic carbocycles. The molecule has 0 aliphatic heterocycles. The fourth-order valence-corrected chi connectivity index (χ4v) is 2.14. The zero-order chi connectivity index (χ0) is 13.1. The predicted molar refractivity (Wildman–Crippen MR) is 73.5 cm³/mol. The monoisotopic (exact) mass is 283 g/mol. The number of benzene rings is 2. The van der Waals surface area contributed by atoms with E-state index in [4.69, 9.17) is 28.9 Å². The van der Waals surface area contributed by atoms with Gasteiger partial charge in [0.25, 0.3) is 0 Å². The molecule has 2 N–H and O–H groups in total. The van der Waals surface area contributed by atoms with Crippen LogP contribution in [-0.2, 0) is 6.42 Å². The van der Waals surface area contributed by atoms with Gasteiger partial charge in [0, 0.05) is 16.1 Å². The number of rotatable bonds is 3. The van der Waals surface area contributed by atoms with E-state index in [1.165, 1.54) is 6.07 Å². The van der Waals surface area contributed by atoms with Gasteiger partial charge in [-0.1, -0.05) is 41.4 Å². The van der Waals surface area contributed by atoms with Gasteiger partial charge in [-0.3, -0.25) is 0 Å². The van der Waals surface area contributed by atoms with Gasteiger partial charge >= 0.3 is 0 Å². The fourth-order valence-electron chi connectivity index (χ4n) is 1.78. The summed E-state index contributed by atoms with van der Waals surface area (Å²) >= 11 is 11.6. The maximum absolute atomic E-state index is 13.6. The zero-order valence-corrected chi connectivity index (χ0v) is 11.0. The van der Waals surface area contributed by atoms with Crippen LogP contribution in [0, 0.1) is 5.82 Å². The van der Waals surface area contributed by atoms with Crippen LogP contribution >= 0.6 is 23.2 Å². The van der Waals surface area contributed by atoms with Gasteiger partial charge in [0.15, 0.2) is 0 Å². The Morgan fingerprint density at radius 2 is 1.78 bits per heavy atom. The van der Waals surface area contributed by atoms with Gasteiger partial charge in [0.05, 0.1) is 0 Å². The molecule has 2 rings (SSSR count). The molecule has 0 fully saturated rings. The minimum atomic E-state index is -0.333. The molecule has 0 amide bonds. The number of halogens is 3. The van der Waals surface area contributed by atoms with E-state index in [1.54, 1.807) is 24.3 Å². The standard InChI is InChI=1S/C14H12Cl2FN/c15-11-3-1-2-10(6-11)14(18)7-9-4-5-12(16)8-13(9)17/h1-6,8,14H,7,18H2. The summed E-state index contributed by atoms with van der Waals surface area (Å²) in [4.78, 5) is 0. The molecule has 0 aromatic heterocycles. The first kappa shape index (κ1) is 13.3. The molecule has 1 nitrogen and oxygen atoms in total. The molecule has 1 unspecified atom stereocenters. The Balaban J connectivity index is 2.18. The van der Waals surface area contributed by atoms with Gasteiger partial charge in [-0.05, 0) is 41.8 Å². The molecule has 2 aromatic rings. The topological polar surface area (TPSA) is 26.0 Å². The summed E-state index contributed by atoms with van der Waals surface area (Å²) in [6, 6.07) is 11.6. The molecule has 4 heteroatoms. The Morgan fingerprint density at radius 3 is 2.44 bits per heavy atom. The summed E-state index contributed by atoms with van der Waals surface area (Å²) in [6.07, 6.45) is 0.406. The van der Waals surface area contributed by atoms with Gasteiger partial charge in [-0.25, -0.2) is 4.39 Å². The minimum Gasteiger partial charge on any atom is -0.324 e. The first-order chi connectivity index (χ1) is 8.56. The quantitative estimate of drug-likeness (QED) is 0.889. The van der Waals surface area contributed by atoms with E-state index in [2.05, 4.69) is 0 Å². The summed E-state index contributed by atoms with van der Waals surface area (Å²) in [5.74, 6) is -0.333. The van der Waals surface area contributed by atoms with Crippen LogP contribution in [-0.4, -0.2) is 0 Å². The molecule has 0 bridgehead atoms. The van der Waals surface area contributed by atoms with Crippen LogP contribution in [0.2, 0.25) is 10.0 Å². The van der Waals surface area contributed by atoms with E-state index in [0.29, 0.717) is 22.0 Å². The van der Waals surface area contributed by atoms with Crippen LogP contribution in [0.3, 0.4) is 0 Å². The van der Waals surface area contributed by atoms with Crippen molar-refractivity contribution in [2.45, 2.75) is 12.5 Å². The molecule has 0 radical (unpaired) electrons. The van der Waals surface area contributed by atoms with Crippen LogP contribution in [0.1, 0.15) is 17.2 Å². The fraction of sp³-hybridized carbons (Fsp3) is 0.143. The molecular weight excluding hydrogens is 272 g/mol. The van der Waals surface area contributed by atoms with Crippen molar-refractivity contribution in [3.05, 3.63) is 69.5 Å². The highest BCUT2D eigenvalue weighted by Crippen LogP contribution is 2.22. The van der Waals surface area contributed by atoms with Crippen molar-refractivity contribution in [3.8, 4) is 0 Å². The van der Waals surface area contributed by atoms with Crippen LogP contribution in [0.15, 0.2) is 42.5 Å². The number of hydrogen-bond acceptors (Lipinski definition) is 1. The van der Waals surface area contributed by atoms with E-state index in [-0.39, 0.29) is 11.9 Å². The SMILES string of the molecule is NC(Cc1ccc(Cl)cc1F)c1cccc(Cl)c1. The van der Waals surface area contributed by atoms with Gasteiger partial charge < -0.3 is 5.73 Å². The molecule has 94 valence electrons. The predicted octanol–water partition coefficient (Wildman–Crippen LogP) is 4.38. The lowest BCUT2D eigenvalue weighted by molar-refractivity contribution is 0.593. The van der Waals surface area contributed by atoms with Gasteiger partial charge in [-0.15, -0.1) is 0 Å². The summed E-state index contributed by atoms with van der Waals surface area (Å²) in [6.45, 7) is 0. The molecule has 0 heterocycles. The normalized spacial score (nSPS) is 12.4. The van der Waals surface area contributed by atoms with Crippen molar-refractivity contribution in [3.63, 3.8) is 0 Å². The second-order valence-corrected chi connectivity index (χ2v) is 4.97. The Morgan fingerprint density at radius 1 is 1.06 bits per heavy atom. The van der Waals surface area contributed by atoms with Gasteiger partial charge in [-0.2, -0.15) is 0 Å². The molecule has 2 aromatic carbocycles. The Labute approximate surface area is 115 Å². The van der Waals surface area contributed by atoms with E-state index in [0.717, 1.165) is 5.56 Å². The molecule has 0 saturated heterocycles. The molecule has 0 aliphatic rings. The molecular formula is C14H12Cl2FN.